The van der Waals surface area contributed by atoms with Gasteiger partial charge in [0.05, 0.1) is 26.0 Å². The molecule has 1 aromatic heterocycles. The predicted octanol–water partition coefficient (Wildman–Crippen LogP) is 8.32. The molecule has 0 saturated heterocycles. The number of rotatable bonds is 11. The van der Waals surface area contributed by atoms with Gasteiger partial charge in [-0.25, -0.2) is 4.79 Å². The van der Waals surface area contributed by atoms with E-state index in [-0.39, 0.29) is 28.8 Å². The number of nitrogens with one attached hydrogen (secondary N) is 1. The molecule has 1 N–H and O–H groups in total. The molecule has 1 unspecified atom stereocenters. The summed E-state index contributed by atoms with van der Waals surface area (Å²) in [5.41, 5.74) is 1.69. The number of esters is 1. The van der Waals surface area contributed by atoms with Crippen LogP contribution in [0.25, 0.3) is 11.1 Å². The minimum atomic E-state index is -1.92. The molecular formula is C37H47ClN2O7Si. The summed E-state index contributed by atoms with van der Waals surface area (Å²) < 4.78 is 18.6. The van der Waals surface area contributed by atoms with Gasteiger partial charge in [0.2, 0.25) is 5.91 Å². The van der Waals surface area contributed by atoms with Crippen molar-refractivity contribution in [3.05, 3.63) is 81.2 Å². The fourth-order valence-electron chi connectivity index (χ4n) is 5.97. The number of carbonyl (C=O) groups is 3. The number of hydrogen-bond acceptors (Lipinski definition) is 7. The number of ether oxygens (including phenoxy) is 2. The van der Waals surface area contributed by atoms with E-state index < -0.39 is 25.9 Å². The molecule has 1 heterocycles. The highest BCUT2D eigenvalue weighted by Crippen LogP contribution is 2.41. The first kappa shape index (κ1) is 37.1. The number of carbonyl (C=O) groups excluding carboxylic acids is 3. The zero-order valence-electron chi connectivity index (χ0n) is 29.1. The molecule has 4 rings (SSSR count). The molecule has 1 aliphatic carbocycles. The topological polar surface area (TPSA) is 113 Å². The molecule has 258 valence electrons. The molecule has 0 radical (unpaired) electrons. The number of halogens is 1. The SMILES string of the molecule is COC(=O)c1ccc(NC(=O)C(CC2CCC(O[Si](C)(C)C(C)(C)C)CC2)n2cc(OC)c(-c3cc(Cl)ccc3C(C)=O)cc2=O)cc1. The predicted molar refractivity (Wildman–Crippen MR) is 192 cm³/mol. The van der Waals surface area contributed by atoms with Crippen molar-refractivity contribution >= 4 is 43.3 Å². The number of benzene rings is 2. The van der Waals surface area contributed by atoms with Crippen LogP contribution in [0.3, 0.4) is 0 Å². The van der Waals surface area contributed by atoms with E-state index in [2.05, 4.69) is 39.2 Å². The second kappa shape index (κ2) is 15.2. The molecule has 2 aromatic carbocycles. The second-order valence-electron chi connectivity index (χ2n) is 14.1. The number of ketones is 1. The molecule has 0 spiro atoms. The van der Waals surface area contributed by atoms with Gasteiger partial charge in [-0.3, -0.25) is 19.0 Å². The van der Waals surface area contributed by atoms with Crippen molar-refractivity contribution in [1.29, 1.82) is 0 Å². The lowest BCUT2D eigenvalue weighted by Crippen LogP contribution is -2.44. The largest absolute Gasteiger partial charge is 0.495 e. The first-order valence-corrected chi connectivity index (χ1v) is 19.6. The summed E-state index contributed by atoms with van der Waals surface area (Å²) in [6, 6.07) is 11.8. The molecule has 9 nitrogen and oxygen atoms in total. The Bertz CT molecular complexity index is 1700. The Hall–Kier alpha value is -3.73. The highest BCUT2D eigenvalue weighted by atomic mass is 35.5. The molecule has 1 amide bonds. The highest BCUT2D eigenvalue weighted by molar-refractivity contribution is 6.74. The monoisotopic (exact) mass is 694 g/mol. The molecule has 1 atom stereocenters. The third-order valence-electron chi connectivity index (χ3n) is 9.74. The summed E-state index contributed by atoms with van der Waals surface area (Å²) in [5.74, 6) is -0.533. The number of Topliss-reactive ketones (excluding diaryl/α,β-unsaturated/α-hetero) is 1. The van der Waals surface area contributed by atoms with E-state index in [1.165, 1.54) is 31.8 Å². The van der Waals surface area contributed by atoms with Crippen molar-refractivity contribution in [2.75, 3.05) is 19.5 Å². The first-order valence-electron chi connectivity index (χ1n) is 16.3. The lowest BCUT2D eigenvalue weighted by Gasteiger charge is -2.41. The lowest BCUT2D eigenvalue weighted by atomic mass is 9.83. The van der Waals surface area contributed by atoms with Crippen molar-refractivity contribution in [2.45, 2.75) is 90.1 Å². The van der Waals surface area contributed by atoms with Crippen molar-refractivity contribution in [3.63, 3.8) is 0 Å². The number of nitrogens with zero attached hydrogens (tertiary/aromatic N) is 1. The second-order valence-corrected chi connectivity index (χ2v) is 19.3. The van der Waals surface area contributed by atoms with E-state index in [1.54, 1.807) is 48.7 Å². The van der Waals surface area contributed by atoms with Gasteiger partial charge in [0, 0.05) is 34.0 Å². The van der Waals surface area contributed by atoms with E-state index >= 15 is 0 Å². The maximum absolute atomic E-state index is 14.0. The molecule has 48 heavy (non-hydrogen) atoms. The fourth-order valence-corrected chi connectivity index (χ4v) is 7.56. The fraction of sp³-hybridized carbons (Fsp3) is 0.459. The average molecular weight is 695 g/mol. The highest BCUT2D eigenvalue weighted by Gasteiger charge is 2.40. The molecule has 1 saturated carbocycles. The van der Waals surface area contributed by atoms with Crippen molar-refractivity contribution in [2.24, 2.45) is 5.92 Å². The van der Waals surface area contributed by atoms with Crippen LogP contribution in [0.2, 0.25) is 23.2 Å². The van der Waals surface area contributed by atoms with Gasteiger partial charge < -0.3 is 19.2 Å². The minimum Gasteiger partial charge on any atom is -0.495 e. The number of anilines is 1. The Labute approximate surface area is 289 Å². The molecular weight excluding hydrogens is 648 g/mol. The van der Waals surface area contributed by atoms with Crippen LogP contribution >= 0.6 is 11.6 Å². The maximum atomic E-state index is 14.0. The normalized spacial score (nSPS) is 17.4. The quantitative estimate of drug-likeness (QED) is 0.122. The van der Waals surface area contributed by atoms with E-state index in [9.17, 15) is 19.2 Å². The standard InChI is InChI=1S/C37H47ClN2O7Si/c1-23(41)29-18-13-26(38)20-30(29)31-21-34(42)40(22-33(31)45-5)32(35(43)39-27-14-11-25(12-15-27)36(44)46-6)19-24-9-16-28(17-10-24)47-48(7,8)37(2,3)4/h11-15,18,20-22,24,28,32H,9-10,16-17,19H2,1-8H3,(H,39,43). The van der Waals surface area contributed by atoms with E-state index in [1.807, 2.05) is 0 Å². The summed E-state index contributed by atoms with van der Waals surface area (Å²) in [6.07, 6.45) is 5.66. The van der Waals surface area contributed by atoms with Crippen molar-refractivity contribution < 1.29 is 28.3 Å². The van der Waals surface area contributed by atoms with Crippen molar-refractivity contribution in [3.8, 4) is 16.9 Å². The van der Waals surface area contributed by atoms with Crippen LogP contribution in [0.15, 0.2) is 59.5 Å². The zero-order chi connectivity index (χ0) is 35.4. The smallest absolute Gasteiger partial charge is 0.337 e. The van der Waals surface area contributed by atoms with Gasteiger partial charge >= 0.3 is 5.97 Å². The van der Waals surface area contributed by atoms with E-state index in [4.69, 9.17) is 25.5 Å². The number of pyridine rings is 1. The number of amides is 1. The summed E-state index contributed by atoms with van der Waals surface area (Å²) in [5, 5.41) is 3.46. The Balaban J connectivity index is 1.67. The number of hydrogen-bond donors (Lipinski definition) is 1. The van der Waals surface area contributed by atoms with Crippen LogP contribution in [0.1, 0.15) is 86.6 Å². The minimum absolute atomic E-state index is 0.116. The van der Waals surface area contributed by atoms with Gasteiger partial charge in [0.15, 0.2) is 14.1 Å². The molecule has 1 fully saturated rings. The van der Waals surface area contributed by atoms with Gasteiger partial charge in [-0.2, -0.15) is 0 Å². The third-order valence-corrected chi connectivity index (χ3v) is 14.5. The molecule has 0 bridgehead atoms. The molecule has 3 aromatic rings. The van der Waals surface area contributed by atoms with Crippen LogP contribution in [-0.4, -0.2) is 50.9 Å². The Morgan fingerprint density at radius 1 is 0.979 bits per heavy atom. The van der Waals surface area contributed by atoms with E-state index in [0.29, 0.717) is 45.1 Å². The van der Waals surface area contributed by atoms with E-state index in [0.717, 1.165) is 25.7 Å². The summed E-state index contributed by atoms with van der Waals surface area (Å²) in [6.45, 7) is 12.7. The van der Waals surface area contributed by atoms with Crippen LogP contribution in [0.4, 0.5) is 5.69 Å². The first-order chi connectivity index (χ1) is 22.5. The summed E-state index contributed by atoms with van der Waals surface area (Å²) in [7, 11) is 0.863. The van der Waals surface area contributed by atoms with Gasteiger partial charge in [0.25, 0.3) is 5.56 Å². The van der Waals surface area contributed by atoms with Crippen LogP contribution in [0.5, 0.6) is 5.75 Å². The Morgan fingerprint density at radius 2 is 1.62 bits per heavy atom. The summed E-state index contributed by atoms with van der Waals surface area (Å²) >= 11 is 6.30. The molecule has 11 heteroatoms. The maximum Gasteiger partial charge on any atom is 0.337 e. The van der Waals surface area contributed by atoms with Gasteiger partial charge in [-0.15, -0.1) is 0 Å². The van der Waals surface area contributed by atoms with Crippen LogP contribution < -0.4 is 15.6 Å². The Kier molecular flexibility index (Phi) is 11.8. The lowest BCUT2D eigenvalue weighted by molar-refractivity contribution is -0.120. The number of aromatic nitrogens is 1. The summed E-state index contributed by atoms with van der Waals surface area (Å²) in [4.78, 5) is 52.3. The zero-order valence-corrected chi connectivity index (χ0v) is 30.9. The third kappa shape index (κ3) is 8.64. The Morgan fingerprint density at radius 3 is 2.19 bits per heavy atom. The molecule has 0 aliphatic heterocycles. The van der Waals surface area contributed by atoms with Crippen LogP contribution in [-0.2, 0) is 14.0 Å². The van der Waals surface area contributed by atoms with Gasteiger partial charge in [-0.1, -0.05) is 32.4 Å². The van der Waals surface area contributed by atoms with Gasteiger partial charge in [-0.05, 0) is 111 Å². The van der Waals surface area contributed by atoms with Gasteiger partial charge in [0.1, 0.15) is 11.8 Å². The van der Waals surface area contributed by atoms with Crippen LogP contribution in [0, 0.1) is 5.92 Å². The molecule has 1 aliphatic rings. The number of methoxy groups -OCH3 is 2. The van der Waals surface area contributed by atoms with Crippen molar-refractivity contribution in [1.82, 2.24) is 4.57 Å². The average Bonchev–Trinajstić information content (AvgIpc) is 3.03.